The second kappa shape index (κ2) is 5.41. The molecule has 1 atom stereocenters. The molecule has 0 radical (unpaired) electrons. The van der Waals surface area contributed by atoms with E-state index in [1.807, 2.05) is 39.0 Å². The number of rotatable bonds is 3. The van der Waals surface area contributed by atoms with E-state index in [-0.39, 0.29) is 12.1 Å². The average molecular weight is 257 g/mol. The maximum atomic E-state index is 11.8. The standard InChI is InChI=1S/C16H19NO2/c1-11-7-12(2)9-14(8-11)15(18)10-17-13(3)5-4-6-16(17)19/h4-9,15,18H,10H2,1-3H3. The zero-order chi connectivity index (χ0) is 14.0. The van der Waals surface area contributed by atoms with Crippen LogP contribution in [0.3, 0.4) is 0 Å². The third-order valence-electron chi connectivity index (χ3n) is 3.25. The first-order chi connectivity index (χ1) is 8.97. The first-order valence-electron chi connectivity index (χ1n) is 6.40. The van der Waals surface area contributed by atoms with Crippen LogP contribution in [0.5, 0.6) is 0 Å². The van der Waals surface area contributed by atoms with Crippen LogP contribution in [0.2, 0.25) is 0 Å². The molecule has 19 heavy (non-hydrogen) atoms. The smallest absolute Gasteiger partial charge is 0.250 e. The Morgan fingerprint density at radius 2 is 1.74 bits per heavy atom. The van der Waals surface area contributed by atoms with Crippen LogP contribution in [0.1, 0.15) is 28.5 Å². The quantitative estimate of drug-likeness (QED) is 0.918. The topological polar surface area (TPSA) is 42.2 Å². The van der Waals surface area contributed by atoms with E-state index in [9.17, 15) is 9.90 Å². The predicted molar refractivity (Wildman–Crippen MR) is 76.3 cm³/mol. The predicted octanol–water partition coefficient (Wildman–Crippen LogP) is 2.51. The molecule has 0 amide bonds. The number of aliphatic hydroxyl groups is 1. The Hall–Kier alpha value is -1.87. The highest BCUT2D eigenvalue weighted by Crippen LogP contribution is 2.18. The fourth-order valence-electron chi connectivity index (χ4n) is 2.34. The third-order valence-corrected chi connectivity index (χ3v) is 3.25. The van der Waals surface area contributed by atoms with Gasteiger partial charge in [-0.3, -0.25) is 4.79 Å². The lowest BCUT2D eigenvalue weighted by atomic mass is 10.0. The summed E-state index contributed by atoms with van der Waals surface area (Å²) >= 11 is 0. The first-order valence-corrected chi connectivity index (χ1v) is 6.40. The highest BCUT2D eigenvalue weighted by atomic mass is 16.3. The first kappa shape index (κ1) is 13.6. The molecule has 1 aromatic heterocycles. The Labute approximate surface area is 113 Å². The normalized spacial score (nSPS) is 12.4. The van der Waals surface area contributed by atoms with Crippen molar-refractivity contribution in [1.82, 2.24) is 4.57 Å². The lowest BCUT2D eigenvalue weighted by Gasteiger charge is -2.16. The van der Waals surface area contributed by atoms with Crippen LogP contribution in [0.25, 0.3) is 0 Å². The van der Waals surface area contributed by atoms with Crippen molar-refractivity contribution in [3.8, 4) is 0 Å². The summed E-state index contributed by atoms with van der Waals surface area (Å²) in [7, 11) is 0. The van der Waals surface area contributed by atoms with Crippen LogP contribution in [0, 0.1) is 20.8 Å². The molecule has 1 unspecified atom stereocenters. The third kappa shape index (κ3) is 3.12. The van der Waals surface area contributed by atoms with Gasteiger partial charge in [0, 0.05) is 11.8 Å². The summed E-state index contributed by atoms with van der Waals surface area (Å²) in [5.41, 5.74) is 3.87. The van der Waals surface area contributed by atoms with Gasteiger partial charge in [-0.25, -0.2) is 0 Å². The Balaban J connectivity index is 2.30. The summed E-state index contributed by atoms with van der Waals surface area (Å²) in [6.45, 7) is 6.16. The molecule has 100 valence electrons. The van der Waals surface area contributed by atoms with E-state index >= 15 is 0 Å². The van der Waals surface area contributed by atoms with Crippen LogP contribution in [0.15, 0.2) is 41.2 Å². The number of aliphatic hydroxyl groups excluding tert-OH is 1. The van der Waals surface area contributed by atoms with E-state index < -0.39 is 6.10 Å². The number of nitrogens with zero attached hydrogens (tertiary/aromatic N) is 1. The van der Waals surface area contributed by atoms with Crippen molar-refractivity contribution in [2.24, 2.45) is 0 Å². The monoisotopic (exact) mass is 257 g/mol. The summed E-state index contributed by atoms with van der Waals surface area (Å²) in [4.78, 5) is 11.8. The van der Waals surface area contributed by atoms with Crippen LogP contribution in [0.4, 0.5) is 0 Å². The highest BCUT2D eigenvalue weighted by Gasteiger charge is 2.11. The molecule has 0 saturated heterocycles. The van der Waals surface area contributed by atoms with E-state index in [4.69, 9.17) is 0 Å². The van der Waals surface area contributed by atoms with Gasteiger partial charge in [-0.1, -0.05) is 35.4 Å². The Morgan fingerprint density at radius 1 is 1.11 bits per heavy atom. The molecule has 0 fully saturated rings. The number of aromatic nitrogens is 1. The van der Waals surface area contributed by atoms with E-state index in [2.05, 4.69) is 6.07 Å². The number of aryl methyl sites for hydroxylation is 3. The minimum absolute atomic E-state index is 0.0802. The molecular weight excluding hydrogens is 238 g/mol. The molecule has 0 aliphatic heterocycles. The molecule has 0 bridgehead atoms. The van der Waals surface area contributed by atoms with Gasteiger partial charge in [-0.05, 0) is 32.4 Å². The zero-order valence-corrected chi connectivity index (χ0v) is 11.6. The van der Waals surface area contributed by atoms with Gasteiger partial charge in [-0.15, -0.1) is 0 Å². The lowest BCUT2D eigenvalue weighted by Crippen LogP contribution is -2.24. The van der Waals surface area contributed by atoms with E-state index in [0.29, 0.717) is 0 Å². The van der Waals surface area contributed by atoms with Gasteiger partial charge in [0.05, 0.1) is 12.6 Å². The number of benzene rings is 1. The van der Waals surface area contributed by atoms with E-state index in [1.165, 1.54) is 6.07 Å². The lowest BCUT2D eigenvalue weighted by molar-refractivity contribution is 0.154. The summed E-state index contributed by atoms with van der Waals surface area (Å²) in [5.74, 6) is 0. The minimum Gasteiger partial charge on any atom is -0.387 e. The van der Waals surface area contributed by atoms with E-state index in [1.54, 1.807) is 10.6 Å². The van der Waals surface area contributed by atoms with Gasteiger partial charge in [-0.2, -0.15) is 0 Å². The van der Waals surface area contributed by atoms with Crippen molar-refractivity contribution < 1.29 is 5.11 Å². The molecule has 3 heteroatoms. The fourth-order valence-corrected chi connectivity index (χ4v) is 2.34. The van der Waals surface area contributed by atoms with Crippen LogP contribution in [-0.2, 0) is 6.54 Å². The number of hydrogen-bond donors (Lipinski definition) is 1. The molecule has 0 spiro atoms. The van der Waals surface area contributed by atoms with Crippen molar-refractivity contribution in [2.75, 3.05) is 0 Å². The molecule has 0 aliphatic rings. The largest absolute Gasteiger partial charge is 0.387 e. The van der Waals surface area contributed by atoms with Crippen molar-refractivity contribution in [3.63, 3.8) is 0 Å². The SMILES string of the molecule is Cc1cc(C)cc(C(O)Cn2c(C)cccc2=O)c1. The summed E-state index contributed by atoms with van der Waals surface area (Å²) in [5, 5.41) is 10.3. The zero-order valence-electron chi connectivity index (χ0n) is 11.6. The van der Waals surface area contributed by atoms with Gasteiger partial charge in [0.1, 0.15) is 0 Å². The highest BCUT2D eigenvalue weighted by molar-refractivity contribution is 5.30. The van der Waals surface area contributed by atoms with Gasteiger partial charge in [0.15, 0.2) is 0 Å². The Bertz CT molecular complexity index is 623. The molecule has 2 aromatic rings. The van der Waals surface area contributed by atoms with Gasteiger partial charge in [0.2, 0.25) is 0 Å². The summed E-state index contributed by atoms with van der Waals surface area (Å²) < 4.78 is 1.60. The van der Waals surface area contributed by atoms with Crippen LogP contribution in [-0.4, -0.2) is 9.67 Å². The Morgan fingerprint density at radius 3 is 2.32 bits per heavy atom. The van der Waals surface area contributed by atoms with E-state index in [0.717, 1.165) is 22.4 Å². The van der Waals surface area contributed by atoms with Crippen molar-refractivity contribution in [2.45, 2.75) is 33.4 Å². The fraction of sp³-hybridized carbons (Fsp3) is 0.312. The molecule has 1 N–H and O–H groups in total. The molecule has 0 aliphatic carbocycles. The van der Waals surface area contributed by atoms with Gasteiger partial charge in [0.25, 0.3) is 5.56 Å². The number of pyridine rings is 1. The molecule has 1 aromatic carbocycles. The van der Waals surface area contributed by atoms with Crippen LogP contribution < -0.4 is 5.56 Å². The minimum atomic E-state index is -0.669. The summed E-state index contributed by atoms with van der Waals surface area (Å²) in [6, 6.07) is 11.1. The Kier molecular flexibility index (Phi) is 3.86. The molecule has 3 nitrogen and oxygen atoms in total. The second-order valence-corrected chi connectivity index (χ2v) is 5.05. The molecule has 0 saturated carbocycles. The molecule has 1 heterocycles. The van der Waals surface area contributed by atoms with Crippen molar-refractivity contribution in [1.29, 1.82) is 0 Å². The molecular formula is C16H19NO2. The average Bonchev–Trinajstić information content (AvgIpc) is 2.32. The van der Waals surface area contributed by atoms with Crippen LogP contribution >= 0.6 is 0 Å². The number of hydrogen-bond acceptors (Lipinski definition) is 2. The molecule has 2 rings (SSSR count). The summed E-state index contributed by atoms with van der Waals surface area (Å²) in [6.07, 6.45) is -0.669. The maximum Gasteiger partial charge on any atom is 0.250 e. The van der Waals surface area contributed by atoms with Crippen molar-refractivity contribution >= 4 is 0 Å². The maximum absolute atomic E-state index is 11.8. The van der Waals surface area contributed by atoms with Gasteiger partial charge < -0.3 is 9.67 Å². The van der Waals surface area contributed by atoms with Crippen molar-refractivity contribution in [3.05, 3.63) is 69.1 Å². The second-order valence-electron chi connectivity index (χ2n) is 5.05. The van der Waals surface area contributed by atoms with Gasteiger partial charge >= 0.3 is 0 Å².